The van der Waals surface area contributed by atoms with Crippen molar-refractivity contribution in [1.29, 1.82) is 0 Å². The normalized spacial score (nSPS) is 11.3. The van der Waals surface area contributed by atoms with Gasteiger partial charge in [0, 0.05) is 5.39 Å². The number of hydrogen-bond acceptors (Lipinski definition) is 3. The lowest BCUT2D eigenvalue weighted by molar-refractivity contribution is 0.415. The van der Waals surface area contributed by atoms with Gasteiger partial charge >= 0.3 is 0 Å². The Labute approximate surface area is 135 Å². The summed E-state index contributed by atoms with van der Waals surface area (Å²) < 4.78 is 18.6. The molecule has 0 aliphatic heterocycles. The summed E-state index contributed by atoms with van der Waals surface area (Å²) >= 11 is 6.29. The second-order valence-corrected chi connectivity index (χ2v) is 5.49. The summed E-state index contributed by atoms with van der Waals surface area (Å²) in [5.41, 5.74) is 2.70. The molecule has 0 atom stereocenters. The molecule has 0 aliphatic rings. The molecule has 6 heteroatoms. The SMILES string of the molecule is COc1ccc2nc(Cl)c(-c3nc4ccc(F)cc4[nH]3)cc2c1. The molecule has 0 aliphatic carbocycles. The third-order valence-electron chi connectivity index (χ3n) is 3.67. The van der Waals surface area contributed by atoms with Crippen molar-refractivity contribution in [2.75, 3.05) is 7.11 Å². The summed E-state index contributed by atoms with van der Waals surface area (Å²) in [6.45, 7) is 0. The minimum absolute atomic E-state index is 0.319. The summed E-state index contributed by atoms with van der Waals surface area (Å²) in [7, 11) is 1.61. The van der Waals surface area contributed by atoms with Gasteiger partial charge in [0.2, 0.25) is 0 Å². The lowest BCUT2D eigenvalue weighted by Crippen LogP contribution is -1.89. The van der Waals surface area contributed by atoms with E-state index in [0.29, 0.717) is 27.6 Å². The lowest BCUT2D eigenvalue weighted by atomic mass is 10.1. The van der Waals surface area contributed by atoms with E-state index in [-0.39, 0.29) is 5.82 Å². The van der Waals surface area contributed by atoms with Gasteiger partial charge in [0.05, 0.1) is 29.2 Å². The maximum atomic E-state index is 13.3. The van der Waals surface area contributed by atoms with E-state index in [1.807, 2.05) is 24.3 Å². The van der Waals surface area contributed by atoms with Gasteiger partial charge in [-0.1, -0.05) is 11.6 Å². The van der Waals surface area contributed by atoms with E-state index in [4.69, 9.17) is 16.3 Å². The van der Waals surface area contributed by atoms with Gasteiger partial charge < -0.3 is 9.72 Å². The van der Waals surface area contributed by atoms with Crippen LogP contribution >= 0.6 is 11.6 Å². The average Bonchev–Trinajstić information content (AvgIpc) is 2.96. The zero-order chi connectivity index (χ0) is 16.0. The molecule has 0 spiro atoms. The highest BCUT2D eigenvalue weighted by Gasteiger charge is 2.12. The van der Waals surface area contributed by atoms with E-state index in [2.05, 4.69) is 15.0 Å². The molecule has 2 aromatic carbocycles. The fourth-order valence-electron chi connectivity index (χ4n) is 2.53. The quantitative estimate of drug-likeness (QED) is 0.548. The molecule has 0 bridgehead atoms. The number of imidazole rings is 1. The fourth-order valence-corrected chi connectivity index (χ4v) is 2.77. The monoisotopic (exact) mass is 327 g/mol. The van der Waals surface area contributed by atoms with E-state index in [0.717, 1.165) is 16.7 Å². The van der Waals surface area contributed by atoms with Crippen LogP contribution in [0.25, 0.3) is 33.3 Å². The van der Waals surface area contributed by atoms with E-state index in [1.54, 1.807) is 13.2 Å². The molecule has 0 saturated carbocycles. The molecule has 2 heterocycles. The first kappa shape index (κ1) is 14.0. The first-order valence-corrected chi connectivity index (χ1v) is 7.32. The van der Waals surface area contributed by atoms with Crippen LogP contribution in [0.2, 0.25) is 5.15 Å². The number of hydrogen-bond donors (Lipinski definition) is 1. The van der Waals surface area contributed by atoms with Gasteiger partial charge in [0.1, 0.15) is 22.5 Å². The van der Waals surface area contributed by atoms with Crippen LogP contribution in [0.4, 0.5) is 4.39 Å². The summed E-state index contributed by atoms with van der Waals surface area (Å²) in [6, 6.07) is 11.8. The first-order chi connectivity index (χ1) is 11.1. The summed E-state index contributed by atoms with van der Waals surface area (Å²) in [6.07, 6.45) is 0. The second-order valence-electron chi connectivity index (χ2n) is 5.13. The zero-order valence-corrected chi connectivity index (χ0v) is 12.9. The Kier molecular flexibility index (Phi) is 3.16. The topological polar surface area (TPSA) is 50.8 Å². The molecular weight excluding hydrogens is 317 g/mol. The number of rotatable bonds is 2. The number of methoxy groups -OCH3 is 1. The molecule has 1 N–H and O–H groups in total. The van der Waals surface area contributed by atoms with Gasteiger partial charge in [-0.2, -0.15) is 0 Å². The number of ether oxygens (including phenoxy) is 1. The molecular formula is C17H11ClFN3O. The largest absolute Gasteiger partial charge is 0.497 e. The van der Waals surface area contributed by atoms with Crippen molar-refractivity contribution in [2.45, 2.75) is 0 Å². The van der Waals surface area contributed by atoms with Crippen molar-refractivity contribution in [2.24, 2.45) is 0 Å². The number of benzene rings is 2. The molecule has 0 saturated heterocycles. The van der Waals surface area contributed by atoms with Crippen molar-refractivity contribution in [3.8, 4) is 17.1 Å². The van der Waals surface area contributed by atoms with Crippen LogP contribution < -0.4 is 4.74 Å². The summed E-state index contributed by atoms with van der Waals surface area (Å²) in [5, 5.41) is 1.22. The molecule has 4 aromatic rings. The summed E-state index contributed by atoms with van der Waals surface area (Å²) in [5.74, 6) is 0.965. The van der Waals surface area contributed by atoms with Crippen molar-refractivity contribution >= 4 is 33.5 Å². The van der Waals surface area contributed by atoms with E-state index in [1.165, 1.54) is 12.1 Å². The highest BCUT2D eigenvalue weighted by molar-refractivity contribution is 6.32. The Morgan fingerprint density at radius 2 is 1.87 bits per heavy atom. The Balaban J connectivity index is 1.93. The van der Waals surface area contributed by atoms with Gasteiger partial charge in [-0.25, -0.2) is 14.4 Å². The van der Waals surface area contributed by atoms with Gasteiger partial charge in [0.25, 0.3) is 0 Å². The average molecular weight is 328 g/mol. The number of pyridine rings is 1. The van der Waals surface area contributed by atoms with Crippen LogP contribution in [0, 0.1) is 5.82 Å². The Morgan fingerprint density at radius 1 is 1.04 bits per heavy atom. The standard InChI is InChI=1S/C17H11ClFN3O/c1-23-11-3-5-13-9(6-11)7-12(16(18)20-13)17-21-14-4-2-10(19)8-15(14)22-17/h2-8H,1H3,(H,21,22). The molecule has 0 radical (unpaired) electrons. The van der Waals surface area contributed by atoms with E-state index >= 15 is 0 Å². The highest BCUT2D eigenvalue weighted by atomic mass is 35.5. The number of H-pyrrole nitrogens is 1. The molecule has 0 unspecified atom stereocenters. The molecule has 4 rings (SSSR count). The Morgan fingerprint density at radius 3 is 2.70 bits per heavy atom. The van der Waals surface area contributed by atoms with Crippen molar-refractivity contribution < 1.29 is 9.13 Å². The molecule has 4 nitrogen and oxygen atoms in total. The number of nitrogens with one attached hydrogen (secondary N) is 1. The first-order valence-electron chi connectivity index (χ1n) is 6.94. The van der Waals surface area contributed by atoms with Crippen molar-refractivity contribution in [1.82, 2.24) is 15.0 Å². The number of nitrogens with zero attached hydrogens (tertiary/aromatic N) is 2. The molecule has 23 heavy (non-hydrogen) atoms. The van der Waals surface area contributed by atoms with Crippen molar-refractivity contribution in [3.05, 3.63) is 53.4 Å². The number of aromatic nitrogens is 3. The van der Waals surface area contributed by atoms with Crippen LogP contribution in [-0.2, 0) is 0 Å². The third-order valence-corrected chi connectivity index (χ3v) is 3.96. The smallest absolute Gasteiger partial charge is 0.141 e. The van der Waals surface area contributed by atoms with Crippen LogP contribution in [0.1, 0.15) is 0 Å². The Bertz CT molecular complexity index is 1040. The molecule has 0 amide bonds. The third kappa shape index (κ3) is 2.39. The predicted molar refractivity (Wildman–Crippen MR) is 88.4 cm³/mol. The van der Waals surface area contributed by atoms with Gasteiger partial charge in [-0.05, 0) is 42.5 Å². The van der Waals surface area contributed by atoms with Gasteiger partial charge in [0.15, 0.2) is 0 Å². The minimum atomic E-state index is -0.319. The van der Waals surface area contributed by atoms with Gasteiger partial charge in [-0.3, -0.25) is 0 Å². The maximum absolute atomic E-state index is 13.3. The zero-order valence-electron chi connectivity index (χ0n) is 12.1. The molecule has 114 valence electrons. The summed E-state index contributed by atoms with van der Waals surface area (Å²) in [4.78, 5) is 11.9. The molecule has 2 aromatic heterocycles. The van der Waals surface area contributed by atoms with Crippen LogP contribution in [-0.4, -0.2) is 22.1 Å². The lowest BCUT2D eigenvalue weighted by Gasteiger charge is -2.05. The van der Waals surface area contributed by atoms with Crippen LogP contribution in [0.15, 0.2) is 42.5 Å². The molecule has 0 fully saturated rings. The Hall–Kier alpha value is -2.66. The number of aromatic amines is 1. The van der Waals surface area contributed by atoms with E-state index in [9.17, 15) is 4.39 Å². The maximum Gasteiger partial charge on any atom is 0.141 e. The van der Waals surface area contributed by atoms with Crippen LogP contribution in [0.5, 0.6) is 5.75 Å². The predicted octanol–water partition coefficient (Wildman–Crippen LogP) is 4.58. The number of halogens is 2. The fraction of sp³-hybridized carbons (Fsp3) is 0.0588. The van der Waals surface area contributed by atoms with Gasteiger partial charge in [-0.15, -0.1) is 0 Å². The number of fused-ring (bicyclic) bond motifs is 2. The van der Waals surface area contributed by atoms with E-state index < -0.39 is 0 Å². The second kappa shape index (κ2) is 5.21. The minimum Gasteiger partial charge on any atom is -0.497 e. The highest BCUT2D eigenvalue weighted by Crippen LogP contribution is 2.31. The van der Waals surface area contributed by atoms with Crippen LogP contribution in [0.3, 0.4) is 0 Å². The van der Waals surface area contributed by atoms with Crippen molar-refractivity contribution in [3.63, 3.8) is 0 Å².